The number of rotatable bonds is 4. The minimum atomic E-state index is -2.62. The largest absolute Gasteiger partial charge is 0.355 e. The quantitative estimate of drug-likeness (QED) is 0.565. The van der Waals surface area contributed by atoms with Crippen LogP contribution in [0, 0.1) is 31.1 Å². The molecule has 35 heavy (non-hydrogen) atoms. The second-order valence-corrected chi connectivity index (χ2v) is 9.61. The minimum Gasteiger partial charge on any atom is -0.355 e. The predicted octanol–water partition coefficient (Wildman–Crippen LogP) is 5.31. The number of carbonyl (C=O) groups is 1. The van der Waals surface area contributed by atoms with Gasteiger partial charge in [0.15, 0.2) is 5.82 Å². The molecule has 2 heterocycles. The molecule has 1 aliphatic carbocycles. The number of piperidine rings is 1. The second kappa shape index (κ2) is 10.9. The molecule has 0 N–H and O–H groups in total. The summed E-state index contributed by atoms with van der Waals surface area (Å²) in [7, 11) is 1.82. The molecule has 1 aromatic carbocycles. The molecule has 0 unspecified atom stereocenters. The number of carbonyl (C=O) groups excluding carboxylic acids is 1. The third kappa shape index (κ3) is 5.72. The predicted molar refractivity (Wildman–Crippen MR) is 134 cm³/mol. The molecule has 188 valence electrons. The Bertz CT molecular complexity index is 1080. The van der Waals surface area contributed by atoms with E-state index >= 15 is 0 Å². The minimum absolute atomic E-state index is 0. The van der Waals surface area contributed by atoms with Crippen molar-refractivity contribution in [3.8, 4) is 17.3 Å². The zero-order chi connectivity index (χ0) is 24.5. The van der Waals surface area contributed by atoms with Crippen molar-refractivity contribution in [2.45, 2.75) is 64.3 Å². The van der Waals surface area contributed by atoms with Crippen molar-refractivity contribution in [1.82, 2.24) is 15.1 Å². The van der Waals surface area contributed by atoms with Gasteiger partial charge in [-0.05, 0) is 62.8 Å². The topological polar surface area (TPSA) is 73.1 Å². The van der Waals surface area contributed by atoms with E-state index in [2.05, 4.69) is 21.2 Å². The van der Waals surface area contributed by atoms with Crippen LogP contribution in [-0.2, 0) is 4.79 Å². The van der Waals surface area contributed by atoms with Crippen molar-refractivity contribution in [1.29, 1.82) is 5.26 Å². The van der Waals surface area contributed by atoms with Gasteiger partial charge < -0.3 is 9.80 Å². The summed E-state index contributed by atoms with van der Waals surface area (Å²) in [5, 5.41) is 18.0. The Kier molecular flexibility index (Phi) is 8.32. The fraction of sp³-hybridized carbons (Fsp3) is 0.538. The number of hydrogen-bond acceptors (Lipinski definition) is 5. The summed E-state index contributed by atoms with van der Waals surface area (Å²) in [6.45, 7) is 5.60. The van der Waals surface area contributed by atoms with Crippen molar-refractivity contribution in [3.05, 3.63) is 41.0 Å². The molecule has 2 aliphatic rings. The lowest BCUT2D eigenvalue weighted by Gasteiger charge is -2.39. The molecule has 4 rings (SSSR count). The van der Waals surface area contributed by atoms with Gasteiger partial charge in [-0.2, -0.15) is 5.26 Å². The van der Waals surface area contributed by atoms with Gasteiger partial charge in [0.05, 0.1) is 17.3 Å². The zero-order valence-electron chi connectivity index (χ0n) is 20.4. The van der Waals surface area contributed by atoms with Crippen molar-refractivity contribution in [3.63, 3.8) is 0 Å². The summed E-state index contributed by atoms with van der Waals surface area (Å²) in [5.41, 5.74) is 4.47. The van der Waals surface area contributed by atoms with Gasteiger partial charge >= 0.3 is 0 Å². The fourth-order valence-corrected chi connectivity index (χ4v) is 5.09. The van der Waals surface area contributed by atoms with Crippen LogP contribution in [0.4, 0.5) is 14.6 Å². The summed E-state index contributed by atoms with van der Waals surface area (Å²) in [5.74, 6) is -2.04. The number of nitriles is 1. The van der Waals surface area contributed by atoms with E-state index in [-0.39, 0.29) is 56.0 Å². The maximum Gasteiger partial charge on any atom is 0.248 e. The fourth-order valence-electron chi connectivity index (χ4n) is 5.09. The molecule has 1 saturated carbocycles. The van der Waals surface area contributed by atoms with Crippen LogP contribution in [-0.4, -0.2) is 53.1 Å². The van der Waals surface area contributed by atoms with Crippen molar-refractivity contribution < 1.29 is 13.6 Å². The Labute approximate surface area is 211 Å². The van der Waals surface area contributed by atoms with E-state index in [1.807, 2.05) is 33.0 Å². The molecular formula is C26H32ClF2N5O. The van der Waals surface area contributed by atoms with E-state index in [4.69, 9.17) is 5.26 Å². The lowest BCUT2D eigenvalue weighted by Crippen LogP contribution is -2.48. The number of amides is 1. The Hall–Kier alpha value is -2.79. The first-order valence-corrected chi connectivity index (χ1v) is 11.9. The molecule has 0 bridgehead atoms. The first-order chi connectivity index (χ1) is 16.2. The molecule has 2 aromatic rings. The molecule has 0 radical (unpaired) electrons. The van der Waals surface area contributed by atoms with E-state index < -0.39 is 5.92 Å². The normalized spacial score (nSPS) is 18.5. The Morgan fingerprint density at radius 2 is 1.66 bits per heavy atom. The van der Waals surface area contributed by atoms with E-state index in [1.54, 1.807) is 17.0 Å². The Morgan fingerprint density at radius 1 is 1.06 bits per heavy atom. The molecule has 2 fully saturated rings. The van der Waals surface area contributed by atoms with Crippen molar-refractivity contribution in [2.75, 3.05) is 25.0 Å². The van der Waals surface area contributed by atoms with Gasteiger partial charge in [0.2, 0.25) is 11.8 Å². The second-order valence-electron chi connectivity index (χ2n) is 9.61. The zero-order valence-corrected chi connectivity index (χ0v) is 21.2. The first kappa shape index (κ1) is 26.8. The summed E-state index contributed by atoms with van der Waals surface area (Å²) in [4.78, 5) is 16.9. The van der Waals surface area contributed by atoms with Gasteiger partial charge in [0, 0.05) is 50.5 Å². The van der Waals surface area contributed by atoms with Gasteiger partial charge in [-0.25, -0.2) is 8.78 Å². The van der Waals surface area contributed by atoms with E-state index in [1.165, 1.54) is 0 Å². The van der Waals surface area contributed by atoms with Crippen molar-refractivity contribution >= 4 is 24.1 Å². The monoisotopic (exact) mass is 503 g/mol. The molecule has 6 nitrogen and oxygen atoms in total. The highest BCUT2D eigenvalue weighted by atomic mass is 35.5. The number of halogens is 3. The van der Waals surface area contributed by atoms with E-state index in [0.717, 1.165) is 54.1 Å². The third-order valence-corrected chi connectivity index (χ3v) is 7.51. The Morgan fingerprint density at radius 3 is 2.23 bits per heavy atom. The molecule has 1 amide bonds. The van der Waals surface area contributed by atoms with Crippen LogP contribution in [0.15, 0.2) is 24.3 Å². The number of benzene rings is 1. The van der Waals surface area contributed by atoms with E-state index in [0.29, 0.717) is 5.56 Å². The number of nitrogens with zero attached hydrogens (tertiary/aromatic N) is 5. The summed E-state index contributed by atoms with van der Waals surface area (Å²) < 4.78 is 26.9. The molecule has 1 saturated heterocycles. The van der Waals surface area contributed by atoms with Gasteiger partial charge in [0.1, 0.15) is 0 Å². The van der Waals surface area contributed by atoms with Crippen LogP contribution in [0.5, 0.6) is 0 Å². The molecular weight excluding hydrogens is 472 g/mol. The van der Waals surface area contributed by atoms with Crippen LogP contribution in [0.3, 0.4) is 0 Å². The molecule has 1 aliphatic heterocycles. The van der Waals surface area contributed by atoms with Crippen LogP contribution in [0.2, 0.25) is 0 Å². The van der Waals surface area contributed by atoms with Crippen LogP contribution < -0.4 is 4.90 Å². The maximum atomic E-state index is 13.5. The van der Waals surface area contributed by atoms with Crippen LogP contribution in [0.25, 0.3) is 11.3 Å². The number of anilines is 1. The van der Waals surface area contributed by atoms with Gasteiger partial charge in [-0.1, -0.05) is 12.1 Å². The van der Waals surface area contributed by atoms with Crippen LogP contribution >= 0.6 is 12.4 Å². The van der Waals surface area contributed by atoms with Gasteiger partial charge in [-0.3, -0.25) is 4.79 Å². The highest BCUT2D eigenvalue weighted by Crippen LogP contribution is 2.37. The van der Waals surface area contributed by atoms with Crippen LogP contribution in [0.1, 0.15) is 55.2 Å². The van der Waals surface area contributed by atoms with E-state index in [9.17, 15) is 13.6 Å². The SMILES string of the molecule is Cc1c(-c2ccc(C#N)cc2)nnc(N2CCC(N(C)C(=O)C3CCC(F)(F)CC3)CC2)c1C.Cl. The number of alkyl halides is 2. The lowest BCUT2D eigenvalue weighted by atomic mass is 9.85. The summed E-state index contributed by atoms with van der Waals surface area (Å²) in [6.07, 6.45) is 1.78. The molecule has 0 spiro atoms. The average molecular weight is 504 g/mol. The maximum absolute atomic E-state index is 13.5. The number of aromatic nitrogens is 2. The third-order valence-electron chi connectivity index (χ3n) is 7.51. The highest BCUT2D eigenvalue weighted by molar-refractivity contribution is 5.85. The number of hydrogen-bond donors (Lipinski definition) is 0. The lowest BCUT2D eigenvalue weighted by molar-refractivity contribution is -0.140. The Balaban J connectivity index is 0.00000342. The summed E-state index contributed by atoms with van der Waals surface area (Å²) in [6, 6.07) is 9.57. The van der Waals surface area contributed by atoms with Gasteiger partial charge in [0.25, 0.3) is 0 Å². The first-order valence-electron chi connectivity index (χ1n) is 11.9. The molecule has 1 aromatic heterocycles. The standard InChI is InChI=1S/C26H31F2N5O.ClH/c1-17-18(2)24(31-30-23(17)20-6-4-19(16-29)5-7-20)33-14-10-22(11-15-33)32(3)25(34)21-8-12-26(27,28)13-9-21;/h4-7,21-22H,8-15H2,1-3H3;1H. The summed E-state index contributed by atoms with van der Waals surface area (Å²) >= 11 is 0. The average Bonchev–Trinajstić information content (AvgIpc) is 2.85. The van der Waals surface area contributed by atoms with Crippen molar-refractivity contribution in [2.24, 2.45) is 5.92 Å². The molecule has 0 atom stereocenters. The molecule has 9 heteroatoms. The smallest absolute Gasteiger partial charge is 0.248 e. The van der Waals surface area contributed by atoms with Gasteiger partial charge in [-0.15, -0.1) is 22.6 Å². The highest BCUT2D eigenvalue weighted by Gasteiger charge is 2.39.